The lowest BCUT2D eigenvalue weighted by Crippen LogP contribution is -2.66. The average molecular weight is 1120 g/mol. The number of hydrogen-bond acceptors (Lipinski definition) is 10. The van der Waals surface area contributed by atoms with Crippen LogP contribution in [0.25, 0.3) is 0 Å². The van der Waals surface area contributed by atoms with Gasteiger partial charge in [-0.2, -0.15) is 0 Å². The molecule has 1 saturated heterocycles. The lowest BCUT2D eigenvalue weighted by atomic mass is 9.96. The number of phosphoric ester groups is 1. The van der Waals surface area contributed by atoms with Crippen LogP contribution in [0.15, 0.2) is 12.2 Å². The maximum atomic E-state index is 14.3. The molecular weight excluding hydrogens is 998 g/mol. The van der Waals surface area contributed by atoms with Crippen molar-refractivity contribution in [2.75, 3.05) is 33.0 Å². The van der Waals surface area contributed by atoms with Crippen molar-refractivity contribution < 1.29 is 62.4 Å². The SMILES string of the molecule is CCCCCC/C=C\CCCCCCO[C@H](CCCCCCCCCCC)CC(=O)N[C@H]1[C@@H](OCC(=O)O)O[C@H](CO)[C@@H](OP(=O)(O)O)[C@@H]1OCC[C@@H](CCCCCCCCCCC)OCCCCCCCCCCCC. The van der Waals surface area contributed by atoms with Gasteiger partial charge in [-0.1, -0.05) is 245 Å². The third-order valence-electron chi connectivity index (χ3n) is 15.1. The second-order valence-electron chi connectivity index (χ2n) is 22.3. The molecule has 1 heterocycles. The molecule has 0 aromatic rings. The minimum absolute atomic E-state index is 0.00397. The van der Waals surface area contributed by atoms with Crippen LogP contribution in [0.5, 0.6) is 0 Å². The number of amides is 1. The fourth-order valence-corrected chi connectivity index (χ4v) is 11.0. The van der Waals surface area contributed by atoms with E-state index in [1.54, 1.807) is 0 Å². The van der Waals surface area contributed by atoms with Crippen molar-refractivity contribution in [3.8, 4) is 0 Å². The van der Waals surface area contributed by atoms with Gasteiger partial charge in [-0.3, -0.25) is 9.32 Å². The molecule has 0 saturated carbocycles. The number of ether oxygens (including phenoxy) is 5. The van der Waals surface area contributed by atoms with Crippen LogP contribution in [0.4, 0.5) is 0 Å². The molecule has 0 aromatic heterocycles. The molecular formula is C62H120NO13P. The summed E-state index contributed by atoms with van der Waals surface area (Å²) in [6.07, 6.45) is 45.4. The normalized spacial score (nSPS) is 18.8. The highest BCUT2D eigenvalue weighted by molar-refractivity contribution is 7.46. The van der Waals surface area contributed by atoms with Gasteiger partial charge in [0.25, 0.3) is 0 Å². The van der Waals surface area contributed by atoms with Crippen molar-refractivity contribution in [1.29, 1.82) is 0 Å². The highest BCUT2D eigenvalue weighted by atomic mass is 31.2. The van der Waals surface area contributed by atoms with Gasteiger partial charge in [-0.25, -0.2) is 9.36 Å². The zero-order valence-electron chi connectivity index (χ0n) is 49.8. The Labute approximate surface area is 471 Å². The highest BCUT2D eigenvalue weighted by Crippen LogP contribution is 2.42. The molecule has 5 N–H and O–H groups in total. The van der Waals surface area contributed by atoms with Gasteiger partial charge in [-0.15, -0.1) is 0 Å². The van der Waals surface area contributed by atoms with Crippen LogP contribution < -0.4 is 5.32 Å². The van der Waals surface area contributed by atoms with Gasteiger partial charge in [0.2, 0.25) is 5.91 Å². The summed E-state index contributed by atoms with van der Waals surface area (Å²) in [5.74, 6) is -1.72. The number of aliphatic hydroxyl groups excluding tert-OH is 1. The molecule has 77 heavy (non-hydrogen) atoms. The van der Waals surface area contributed by atoms with E-state index in [0.717, 1.165) is 89.9 Å². The molecule has 456 valence electrons. The molecule has 0 unspecified atom stereocenters. The molecule has 0 radical (unpaired) electrons. The predicted molar refractivity (Wildman–Crippen MR) is 313 cm³/mol. The summed E-state index contributed by atoms with van der Waals surface area (Å²) in [5, 5.41) is 23.1. The van der Waals surface area contributed by atoms with E-state index in [0.29, 0.717) is 26.1 Å². The maximum Gasteiger partial charge on any atom is 0.470 e. The van der Waals surface area contributed by atoms with E-state index >= 15 is 0 Å². The van der Waals surface area contributed by atoms with Crippen molar-refractivity contribution >= 4 is 19.7 Å². The second-order valence-corrected chi connectivity index (χ2v) is 23.5. The van der Waals surface area contributed by atoms with Crippen molar-refractivity contribution in [2.45, 2.75) is 340 Å². The Morgan fingerprint density at radius 1 is 0.519 bits per heavy atom. The Morgan fingerprint density at radius 3 is 1.36 bits per heavy atom. The zero-order chi connectivity index (χ0) is 56.3. The largest absolute Gasteiger partial charge is 0.480 e. The van der Waals surface area contributed by atoms with Crippen LogP contribution in [-0.4, -0.2) is 108 Å². The first-order valence-electron chi connectivity index (χ1n) is 32.1. The molecule has 15 heteroatoms. The van der Waals surface area contributed by atoms with E-state index in [9.17, 15) is 34.2 Å². The first kappa shape index (κ1) is 73.6. The van der Waals surface area contributed by atoms with Gasteiger partial charge in [0.1, 0.15) is 31.0 Å². The van der Waals surface area contributed by atoms with E-state index in [1.807, 2.05) is 0 Å². The Bertz CT molecular complexity index is 1400. The van der Waals surface area contributed by atoms with E-state index in [4.69, 9.17) is 28.2 Å². The number of aliphatic carboxylic acids is 1. The molecule has 0 aliphatic carbocycles. The van der Waals surface area contributed by atoms with Crippen molar-refractivity contribution in [3.63, 3.8) is 0 Å². The summed E-state index contributed by atoms with van der Waals surface area (Å²) in [5.41, 5.74) is 0. The van der Waals surface area contributed by atoms with E-state index in [1.165, 1.54) is 161 Å². The fourth-order valence-electron chi connectivity index (χ4n) is 10.4. The van der Waals surface area contributed by atoms with Crippen LogP contribution in [0.2, 0.25) is 0 Å². The number of unbranched alkanes of at least 4 members (excludes halogenated alkanes) is 33. The second kappa shape index (κ2) is 52.6. The monoisotopic (exact) mass is 1120 g/mol. The van der Waals surface area contributed by atoms with Crippen LogP contribution >= 0.6 is 7.82 Å². The first-order valence-corrected chi connectivity index (χ1v) is 33.6. The van der Waals surface area contributed by atoms with Gasteiger partial charge < -0.3 is 49.0 Å². The molecule has 1 aliphatic rings. The van der Waals surface area contributed by atoms with Crippen LogP contribution in [0.3, 0.4) is 0 Å². The van der Waals surface area contributed by atoms with Crippen LogP contribution in [0, 0.1) is 0 Å². The molecule has 1 amide bonds. The number of carboxylic acids is 1. The van der Waals surface area contributed by atoms with Crippen molar-refractivity contribution in [2.24, 2.45) is 0 Å². The number of hydrogen-bond donors (Lipinski definition) is 5. The van der Waals surface area contributed by atoms with E-state index in [2.05, 4.69) is 45.2 Å². The summed E-state index contributed by atoms with van der Waals surface area (Å²) in [6, 6.07) is -1.26. The Balaban J connectivity index is 3.21. The number of phosphoric acid groups is 1. The standard InChI is InChI=1S/C62H120NO13P/c1-5-9-13-17-21-25-27-28-32-36-40-44-49-72-55(46-42-38-34-30-24-20-16-12-8-4)51-57(65)63-59-61(60(76-77(68,69)70)56(52-64)75-62(59)74-53-58(66)67)73-50-47-54(45-41-37-33-29-23-19-15-11-7-3)71-48-43-39-35-31-26-22-18-14-10-6-2/h25,27,54-56,59-62,64H,5-24,26,28-53H2,1-4H3,(H,63,65)(H,66,67)(H2,68,69,70)/b27-25-/t54-,55-,56-,59-,60-,61-,62+/m1/s1. The predicted octanol–water partition coefficient (Wildman–Crippen LogP) is 15.9. The topological polar surface area (TPSA) is 200 Å². The number of aliphatic hydroxyl groups is 1. The number of nitrogens with one attached hydrogen (secondary N) is 1. The lowest BCUT2D eigenvalue weighted by molar-refractivity contribution is -0.274. The minimum Gasteiger partial charge on any atom is -0.480 e. The molecule has 1 fully saturated rings. The molecule has 14 nitrogen and oxygen atoms in total. The average Bonchev–Trinajstić information content (AvgIpc) is 3.40. The smallest absolute Gasteiger partial charge is 0.470 e. The quantitative estimate of drug-likeness (QED) is 0.0219. The summed E-state index contributed by atoms with van der Waals surface area (Å²) < 4.78 is 49.0. The third-order valence-corrected chi connectivity index (χ3v) is 15.6. The summed E-state index contributed by atoms with van der Waals surface area (Å²) >= 11 is 0. The first-order chi connectivity index (χ1) is 37.5. The summed E-state index contributed by atoms with van der Waals surface area (Å²) in [6.45, 7) is 8.61. The number of rotatable bonds is 58. The molecule has 0 bridgehead atoms. The minimum atomic E-state index is -5.20. The molecule has 0 spiro atoms. The van der Waals surface area contributed by atoms with Gasteiger partial charge in [0.05, 0.1) is 25.2 Å². The van der Waals surface area contributed by atoms with E-state index in [-0.39, 0.29) is 25.2 Å². The lowest BCUT2D eigenvalue weighted by Gasteiger charge is -2.45. The Morgan fingerprint density at radius 2 is 0.922 bits per heavy atom. The van der Waals surface area contributed by atoms with Crippen LogP contribution in [-0.2, 0) is 42.4 Å². The summed E-state index contributed by atoms with van der Waals surface area (Å²) in [4.78, 5) is 46.4. The Hall–Kier alpha value is -1.45. The molecule has 1 aliphatic heterocycles. The van der Waals surface area contributed by atoms with Crippen LogP contribution in [0.1, 0.15) is 297 Å². The number of carboxylic acid groups (broad SMARTS) is 1. The fraction of sp³-hybridized carbons (Fsp3) is 0.935. The van der Waals surface area contributed by atoms with E-state index < -0.39 is 63.6 Å². The van der Waals surface area contributed by atoms with Gasteiger partial charge in [0.15, 0.2) is 6.29 Å². The Kier molecular flexibility index (Phi) is 50.3. The van der Waals surface area contributed by atoms with Gasteiger partial charge in [-0.05, 0) is 57.8 Å². The maximum absolute atomic E-state index is 14.3. The van der Waals surface area contributed by atoms with Gasteiger partial charge in [0, 0.05) is 19.8 Å². The highest BCUT2D eigenvalue weighted by Gasteiger charge is 2.51. The summed E-state index contributed by atoms with van der Waals surface area (Å²) in [7, 11) is -5.20. The van der Waals surface area contributed by atoms with Crippen molar-refractivity contribution in [3.05, 3.63) is 12.2 Å². The zero-order valence-corrected chi connectivity index (χ0v) is 50.7. The van der Waals surface area contributed by atoms with Gasteiger partial charge >= 0.3 is 13.8 Å². The van der Waals surface area contributed by atoms with Crippen molar-refractivity contribution in [1.82, 2.24) is 5.32 Å². The molecule has 7 atom stereocenters. The molecule has 0 aromatic carbocycles. The number of allylic oxidation sites excluding steroid dienone is 2. The third kappa shape index (κ3) is 43.9. The number of carbonyl (C=O) groups excluding carboxylic acids is 1. The number of carbonyl (C=O) groups is 2. The molecule has 1 rings (SSSR count).